The highest BCUT2D eigenvalue weighted by Crippen LogP contribution is 2.27. The van der Waals surface area contributed by atoms with Gasteiger partial charge in [-0.15, -0.1) is 0 Å². The predicted molar refractivity (Wildman–Crippen MR) is 75.7 cm³/mol. The first-order valence-electron chi connectivity index (χ1n) is 6.89. The molecule has 0 spiro atoms. The van der Waals surface area contributed by atoms with Gasteiger partial charge in [0.1, 0.15) is 0 Å². The summed E-state index contributed by atoms with van der Waals surface area (Å²) < 4.78 is 0. The molecule has 112 valence electrons. The molecule has 0 radical (unpaired) electrons. The van der Waals surface area contributed by atoms with Crippen molar-refractivity contribution in [2.45, 2.75) is 31.7 Å². The third kappa shape index (κ3) is 3.66. The highest BCUT2D eigenvalue weighted by molar-refractivity contribution is 6.00. The van der Waals surface area contributed by atoms with Crippen molar-refractivity contribution in [3.8, 4) is 0 Å². The average Bonchev–Trinajstić information content (AvgIpc) is 2.47. The number of carbonyl (C=O) groups is 3. The fourth-order valence-corrected chi connectivity index (χ4v) is 2.73. The lowest BCUT2D eigenvalue weighted by molar-refractivity contribution is -0.134. The van der Waals surface area contributed by atoms with Crippen LogP contribution in [0.2, 0.25) is 0 Å². The van der Waals surface area contributed by atoms with Gasteiger partial charge in [0.05, 0.1) is 5.92 Å². The lowest BCUT2D eigenvalue weighted by atomic mass is 9.87. The van der Waals surface area contributed by atoms with Crippen LogP contribution >= 0.6 is 0 Å². The number of hydrogen-bond acceptors (Lipinski definition) is 4. The molecule has 3 N–H and O–H groups in total. The van der Waals surface area contributed by atoms with E-state index in [0.717, 1.165) is 25.1 Å². The van der Waals surface area contributed by atoms with Gasteiger partial charge in [0.25, 0.3) is 6.47 Å². The smallest absolute Gasteiger partial charge is 0.290 e. The molecule has 2 aliphatic heterocycles. The number of piperidine rings is 1. The largest absolute Gasteiger partial charge is 0.483 e. The number of rotatable bonds is 1. The van der Waals surface area contributed by atoms with E-state index < -0.39 is 0 Å². The number of carboxylic acid groups (broad SMARTS) is 1. The molecule has 0 aromatic heterocycles. The fourth-order valence-electron chi connectivity index (χ4n) is 2.73. The third-order valence-corrected chi connectivity index (χ3v) is 3.76. The zero-order chi connectivity index (χ0) is 15.2. The van der Waals surface area contributed by atoms with Crippen molar-refractivity contribution in [2.75, 3.05) is 6.54 Å². The van der Waals surface area contributed by atoms with Crippen molar-refractivity contribution >= 4 is 18.3 Å². The van der Waals surface area contributed by atoms with E-state index in [1.54, 1.807) is 0 Å². The van der Waals surface area contributed by atoms with Crippen molar-refractivity contribution in [1.29, 1.82) is 0 Å². The van der Waals surface area contributed by atoms with Gasteiger partial charge in [-0.25, -0.2) is 0 Å². The van der Waals surface area contributed by atoms with Crippen LogP contribution in [0.25, 0.3) is 0 Å². The van der Waals surface area contributed by atoms with Crippen LogP contribution in [-0.2, 0) is 27.3 Å². The van der Waals surface area contributed by atoms with Crippen LogP contribution in [0.4, 0.5) is 0 Å². The van der Waals surface area contributed by atoms with E-state index in [0.29, 0.717) is 12.8 Å². The van der Waals surface area contributed by atoms with Gasteiger partial charge in [0, 0.05) is 13.0 Å². The van der Waals surface area contributed by atoms with Crippen LogP contribution in [-0.4, -0.2) is 29.9 Å². The van der Waals surface area contributed by atoms with E-state index in [1.165, 1.54) is 11.1 Å². The van der Waals surface area contributed by atoms with E-state index in [2.05, 4.69) is 22.8 Å². The summed E-state index contributed by atoms with van der Waals surface area (Å²) in [6, 6.07) is 6.25. The molecule has 6 nitrogen and oxygen atoms in total. The highest BCUT2D eigenvalue weighted by Gasteiger charge is 2.28. The summed E-state index contributed by atoms with van der Waals surface area (Å²) in [5.74, 6) is -0.471. The van der Waals surface area contributed by atoms with Crippen LogP contribution in [0.5, 0.6) is 0 Å². The molecule has 1 fully saturated rings. The first kappa shape index (κ1) is 15.2. The molecule has 6 heteroatoms. The Balaban J connectivity index is 0.000000497. The molecule has 2 heterocycles. The summed E-state index contributed by atoms with van der Waals surface area (Å²) in [6.45, 7) is 1.65. The molecule has 1 unspecified atom stereocenters. The van der Waals surface area contributed by atoms with Crippen LogP contribution in [0.1, 0.15) is 35.4 Å². The maximum absolute atomic E-state index is 11.8. The van der Waals surface area contributed by atoms with Crippen LogP contribution in [0.3, 0.4) is 0 Å². The van der Waals surface area contributed by atoms with E-state index >= 15 is 0 Å². The topological polar surface area (TPSA) is 95.5 Å². The monoisotopic (exact) mass is 290 g/mol. The summed E-state index contributed by atoms with van der Waals surface area (Å²) in [6.07, 6.45) is 2.08. The van der Waals surface area contributed by atoms with Gasteiger partial charge in [-0.05, 0) is 36.1 Å². The molecule has 0 aliphatic carbocycles. The van der Waals surface area contributed by atoms with Crippen molar-refractivity contribution < 1.29 is 19.5 Å². The summed E-state index contributed by atoms with van der Waals surface area (Å²) in [5, 5.41) is 12.6. The SMILES string of the molecule is O=C1CCC(c2ccc3c(c2)CCNC3)C(=O)N1.O=CO. The molecule has 1 aromatic rings. The molecule has 1 saturated heterocycles. The maximum atomic E-state index is 11.8. The number of carbonyl (C=O) groups excluding carboxylic acids is 2. The molecular weight excluding hydrogens is 272 g/mol. The van der Waals surface area contributed by atoms with Crippen LogP contribution in [0, 0.1) is 0 Å². The Morgan fingerprint density at radius 2 is 1.95 bits per heavy atom. The molecule has 2 amide bonds. The minimum absolute atomic E-state index is 0.153. The second kappa shape index (κ2) is 6.99. The third-order valence-electron chi connectivity index (χ3n) is 3.76. The molecule has 21 heavy (non-hydrogen) atoms. The van der Waals surface area contributed by atoms with E-state index in [4.69, 9.17) is 9.90 Å². The molecule has 3 rings (SSSR count). The standard InChI is InChI=1S/C14H16N2O2.CH2O2/c17-13-4-3-12(14(18)16-13)10-1-2-11-8-15-6-5-9(11)7-10;2-1-3/h1-2,7,12,15H,3-6,8H2,(H,16,17,18);1H,(H,2,3). The Morgan fingerprint density at radius 3 is 2.67 bits per heavy atom. The number of amides is 2. The molecule has 0 bridgehead atoms. The molecule has 0 saturated carbocycles. The number of fused-ring (bicyclic) bond motifs is 1. The van der Waals surface area contributed by atoms with Crippen LogP contribution < -0.4 is 10.6 Å². The van der Waals surface area contributed by atoms with E-state index in [9.17, 15) is 9.59 Å². The van der Waals surface area contributed by atoms with Crippen molar-refractivity contribution in [2.24, 2.45) is 0 Å². The molecular formula is C15H18N2O4. The van der Waals surface area contributed by atoms with Gasteiger partial charge in [-0.2, -0.15) is 0 Å². The van der Waals surface area contributed by atoms with Gasteiger partial charge in [-0.3, -0.25) is 19.7 Å². The van der Waals surface area contributed by atoms with Gasteiger partial charge in [0.2, 0.25) is 11.8 Å². The Labute approximate surface area is 122 Å². The Morgan fingerprint density at radius 1 is 1.19 bits per heavy atom. The zero-order valence-corrected chi connectivity index (χ0v) is 11.6. The predicted octanol–water partition coefficient (Wildman–Crippen LogP) is 0.553. The summed E-state index contributed by atoms with van der Waals surface area (Å²) in [5.41, 5.74) is 3.69. The highest BCUT2D eigenvalue weighted by atomic mass is 16.3. The minimum atomic E-state index is -0.250. The van der Waals surface area contributed by atoms with Gasteiger partial charge in [-0.1, -0.05) is 18.2 Å². The van der Waals surface area contributed by atoms with Crippen molar-refractivity contribution in [1.82, 2.24) is 10.6 Å². The Bertz CT molecular complexity index is 557. The van der Waals surface area contributed by atoms with Gasteiger partial charge >= 0.3 is 0 Å². The quantitative estimate of drug-likeness (QED) is 0.518. The second-order valence-corrected chi connectivity index (χ2v) is 5.06. The summed E-state index contributed by atoms with van der Waals surface area (Å²) >= 11 is 0. The average molecular weight is 290 g/mol. The lowest BCUT2D eigenvalue weighted by Crippen LogP contribution is -2.39. The van der Waals surface area contributed by atoms with Crippen LogP contribution in [0.15, 0.2) is 18.2 Å². The number of hydrogen-bond donors (Lipinski definition) is 3. The maximum Gasteiger partial charge on any atom is 0.290 e. The number of benzene rings is 1. The van der Waals surface area contributed by atoms with E-state index in [-0.39, 0.29) is 24.2 Å². The molecule has 1 atom stereocenters. The first-order valence-corrected chi connectivity index (χ1v) is 6.89. The van der Waals surface area contributed by atoms with Gasteiger partial charge < -0.3 is 10.4 Å². The van der Waals surface area contributed by atoms with Crippen molar-refractivity contribution in [3.05, 3.63) is 34.9 Å². The number of nitrogens with one attached hydrogen (secondary N) is 2. The fraction of sp³-hybridized carbons (Fsp3) is 0.400. The second-order valence-electron chi connectivity index (χ2n) is 5.06. The zero-order valence-electron chi connectivity index (χ0n) is 11.6. The number of imide groups is 1. The van der Waals surface area contributed by atoms with E-state index in [1.807, 2.05) is 6.07 Å². The normalized spacial score (nSPS) is 20.7. The Kier molecular flexibility index (Phi) is 5.05. The Hall–Kier alpha value is -2.21. The first-order chi connectivity index (χ1) is 10.2. The summed E-state index contributed by atoms with van der Waals surface area (Å²) in [7, 11) is 0. The van der Waals surface area contributed by atoms with Gasteiger partial charge in [0.15, 0.2) is 0 Å². The summed E-state index contributed by atoms with van der Waals surface area (Å²) in [4.78, 5) is 31.3. The lowest BCUT2D eigenvalue weighted by Gasteiger charge is -2.23. The van der Waals surface area contributed by atoms with Crippen molar-refractivity contribution in [3.63, 3.8) is 0 Å². The molecule has 1 aromatic carbocycles. The minimum Gasteiger partial charge on any atom is -0.483 e. The molecule has 2 aliphatic rings.